The number of carbonyl (C=O) groups excluding carboxylic acids is 2. The molecule has 0 unspecified atom stereocenters. The third-order valence-electron chi connectivity index (χ3n) is 9.83. The van der Waals surface area contributed by atoms with Crippen molar-refractivity contribution in [2.45, 2.75) is 31.2 Å². The number of hydrogen-bond donors (Lipinski definition) is 1. The minimum absolute atomic E-state index is 0.0952. The molecule has 2 aromatic heterocycles. The van der Waals surface area contributed by atoms with Crippen LogP contribution < -0.4 is 5.32 Å². The summed E-state index contributed by atoms with van der Waals surface area (Å²) in [5.74, 6) is -0.659. The van der Waals surface area contributed by atoms with Crippen molar-refractivity contribution in [2.24, 2.45) is 5.41 Å². The van der Waals surface area contributed by atoms with E-state index in [2.05, 4.69) is 10.2 Å². The zero-order chi connectivity index (χ0) is 29.7. The Bertz CT molecular complexity index is 2010. The summed E-state index contributed by atoms with van der Waals surface area (Å²) in [5, 5.41) is 9.73. The number of ketones is 1. The van der Waals surface area contributed by atoms with Crippen LogP contribution in [0.2, 0.25) is 10.0 Å². The Morgan fingerprint density at radius 2 is 1.74 bits per heavy atom. The molecule has 4 heterocycles. The molecule has 1 amide bonds. The molecule has 7 nitrogen and oxygen atoms in total. The van der Waals surface area contributed by atoms with Crippen molar-refractivity contribution in [3.63, 3.8) is 0 Å². The highest BCUT2D eigenvalue weighted by Gasteiger charge is 2.74. The SMILES string of the molecule is Cc1nn(-c2ccccc2)c2nc3c(cc12)C(=O)[C@]1(CC3)[C@@H](c2ccc(Cl)cc2Cl)CN(C)[C@@]12C(=O)Nc1ccccc12. The summed E-state index contributed by atoms with van der Waals surface area (Å²) in [5.41, 5.74) is 3.63. The number of rotatable bonds is 2. The lowest BCUT2D eigenvalue weighted by atomic mass is 9.54. The average Bonchev–Trinajstić information content (AvgIpc) is 3.59. The number of halogens is 2. The number of hydrogen-bond acceptors (Lipinski definition) is 5. The molecular weight excluding hydrogens is 581 g/mol. The largest absolute Gasteiger partial charge is 0.324 e. The van der Waals surface area contributed by atoms with Gasteiger partial charge in [-0.2, -0.15) is 5.10 Å². The minimum Gasteiger partial charge on any atom is -0.324 e. The number of nitrogens with zero attached hydrogens (tertiary/aromatic N) is 4. The molecule has 2 spiro atoms. The maximum atomic E-state index is 15.4. The molecule has 2 aliphatic heterocycles. The van der Waals surface area contributed by atoms with E-state index in [-0.39, 0.29) is 17.6 Å². The Balaban J connectivity index is 1.39. The first kappa shape index (κ1) is 26.6. The van der Waals surface area contributed by atoms with E-state index in [0.29, 0.717) is 40.6 Å². The third-order valence-corrected chi connectivity index (χ3v) is 10.4. The first-order valence-corrected chi connectivity index (χ1v) is 15.1. The van der Waals surface area contributed by atoms with Gasteiger partial charge in [0.25, 0.3) is 5.91 Å². The third kappa shape index (κ3) is 3.35. The van der Waals surface area contributed by atoms with Crippen LogP contribution in [0.3, 0.4) is 0 Å². The van der Waals surface area contributed by atoms with Crippen molar-refractivity contribution < 1.29 is 9.59 Å². The summed E-state index contributed by atoms with van der Waals surface area (Å²) < 4.78 is 1.83. The monoisotopic (exact) mass is 607 g/mol. The fourth-order valence-corrected chi connectivity index (χ4v) is 8.61. The average molecular weight is 609 g/mol. The molecule has 214 valence electrons. The lowest BCUT2D eigenvalue weighted by Gasteiger charge is -2.48. The lowest BCUT2D eigenvalue weighted by Crippen LogP contribution is -2.60. The molecule has 9 heteroatoms. The van der Waals surface area contributed by atoms with Crippen molar-refractivity contribution in [1.29, 1.82) is 0 Å². The fraction of sp³-hybridized carbons (Fsp3) is 0.235. The number of pyridine rings is 1. The summed E-state index contributed by atoms with van der Waals surface area (Å²) in [6, 6.07) is 24.9. The number of Topliss-reactive ketones (excluding diaryl/α,β-unsaturated/α-hetero) is 1. The predicted molar refractivity (Wildman–Crippen MR) is 167 cm³/mol. The van der Waals surface area contributed by atoms with Gasteiger partial charge in [-0.25, -0.2) is 9.67 Å². The van der Waals surface area contributed by atoms with E-state index in [4.69, 9.17) is 33.3 Å². The van der Waals surface area contributed by atoms with Gasteiger partial charge in [0.05, 0.1) is 22.5 Å². The van der Waals surface area contributed by atoms with Crippen LogP contribution in [0.4, 0.5) is 5.69 Å². The second kappa shape index (κ2) is 9.23. The van der Waals surface area contributed by atoms with E-state index in [1.54, 1.807) is 12.1 Å². The number of carbonyl (C=O) groups is 2. The van der Waals surface area contributed by atoms with Crippen LogP contribution >= 0.6 is 23.2 Å². The van der Waals surface area contributed by atoms with Crippen LogP contribution in [0.15, 0.2) is 78.9 Å². The van der Waals surface area contributed by atoms with Gasteiger partial charge in [-0.1, -0.05) is 65.7 Å². The summed E-state index contributed by atoms with van der Waals surface area (Å²) >= 11 is 13.2. The van der Waals surface area contributed by atoms with Crippen molar-refractivity contribution in [2.75, 3.05) is 18.9 Å². The highest BCUT2D eigenvalue weighted by atomic mass is 35.5. The Morgan fingerprint density at radius 1 is 0.977 bits per heavy atom. The van der Waals surface area contributed by atoms with Crippen molar-refractivity contribution in [3.05, 3.63) is 117 Å². The van der Waals surface area contributed by atoms with Crippen molar-refractivity contribution in [1.82, 2.24) is 19.7 Å². The van der Waals surface area contributed by atoms with E-state index in [9.17, 15) is 4.79 Å². The maximum absolute atomic E-state index is 15.4. The Morgan fingerprint density at radius 3 is 2.53 bits per heavy atom. The second-order valence-corrected chi connectivity index (χ2v) is 12.6. The minimum atomic E-state index is -1.23. The Labute approximate surface area is 258 Å². The number of likely N-dealkylation sites (N-methyl/N-ethyl adjacent to an activating group) is 1. The van der Waals surface area contributed by atoms with Crippen LogP contribution in [0.5, 0.6) is 0 Å². The topological polar surface area (TPSA) is 80.1 Å². The first-order valence-electron chi connectivity index (χ1n) is 14.3. The highest BCUT2D eigenvalue weighted by Crippen LogP contribution is 2.66. The van der Waals surface area contributed by atoms with Crippen LogP contribution in [-0.2, 0) is 16.8 Å². The number of aryl methyl sites for hydroxylation is 2. The molecule has 1 aliphatic carbocycles. The number of nitrogens with one attached hydrogen (secondary N) is 1. The van der Waals surface area contributed by atoms with Crippen LogP contribution in [0, 0.1) is 12.3 Å². The fourth-order valence-electron chi connectivity index (χ4n) is 8.07. The van der Waals surface area contributed by atoms with Gasteiger partial charge in [0.1, 0.15) is 5.54 Å². The zero-order valence-corrected chi connectivity index (χ0v) is 25.1. The van der Waals surface area contributed by atoms with Crippen LogP contribution in [-0.4, -0.2) is 44.9 Å². The number of benzene rings is 3. The molecule has 0 bridgehead atoms. The number of amides is 1. The number of para-hydroxylation sites is 2. The van der Waals surface area contributed by atoms with Gasteiger partial charge in [0, 0.05) is 44.7 Å². The van der Waals surface area contributed by atoms with Gasteiger partial charge in [0.2, 0.25) is 0 Å². The number of anilines is 1. The molecule has 8 rings (SSSR count). The molecule has 3 aromatic carbocycles. The quantitative estimate of drug-likeness (QED) is 0.241. The maximum Gasteiger partial charge on any atom is 0.250 e. The van der Waals surface area contributed by atoms with Crippen LogP contribution in [0.1, 0.15) is 45.2 Å². The summed E-state index contributed by atoms with van der Waals surface area (Å²) in [6.45, 7) is 2.39. The Hall–Kier alpha value is -4.04. The number of aromatic nitrogens is 3. The summed E-state index contributed by atoms with van der Waals surface area (Å²) in [6.07, 6.45) is 0.939. The van der Waals surface area contributed by atoms with E-state index in [1.165, 1.54) is 0 Å². The standard InChI is InChI=1S/C34H27Cl2N5O2/c1-19-23-17-24-28(37-31(23)41(39-19)21-8-4-3-5-9-21)14-15-33(30(24)42)26(22-13-12-20(35)16-27(22)36)18-40(2)34(33)25-10-6-7-11-29(25)38-32(34)43/h3-13,16-17,26H,14-15,18H2,1-2H3,(H,38,43)/t26-,33+,34+/m1/s1. The molecule has 3 atom stereocenters. The first-order chi connectivity index (χ1) is 20.8. The smallest absolute Gasteiger partial charge is 0.250 e. The molecule has 1 saturated heterocycles. The number of fused-ring (bicyclic) bond motifs is 5. The molecule has 0 saturated carbocycles. The molecular formula is C34H27Cl2N5O2. The van der Waals surface area contributed by atoms with Crippen LogP contribution in [0.25, 0.3) is 16.7 Å². The van der Waals surface area contributed by atoms with Crippen molar-refractivity contribution in [3.8, 4) is 5.69 Å². The van der Waals surface area contributed by atoms with Gasteiger partial charge >= 0.3 is 0 Å². The second-order valence-electron chi connectivity index (χ2n) is 11.8. The number of likely N-dealkylation sites (tertiary alicyclic amines) is 1. The lowest BCUT2D eigenvalue weighted by molar-refractivity contribution is -0.130. The molecule has 3 aliphatic rings. The van der Waals surface area contributed by atoms with Gasteiger partial charge in [-0.05, 0) is 68.8 Å². The molecule has 1 N–H and O–H groups in total. The summed E-state index contributed by atoms with van der Waals surface area (Å²) in [4.78, 5) is 36.8. The molecule has 5 aromatic rings. The van der Waals surface area contributed by atoms with Crippen molar-refractivity contribution >= 4 is 51.6 Å². The van der Waals surface area contributed by atoms with Gasteiger partial charge < -0.3 is 5.32 Å². The van der Waals surface area contributed by atoms with Gasteiger partial charge in [0.15, 0.2) is 11.4 Å². The van der Waals surface area contributed by atoms with E-state index in [1.807, 2.05) is 85.4 Å². The normalized spacial score (nSPS) is 24.6. The van der Waals surface area contributed by atoms with Gasteiger partial charge in [-0.15, -0.1) is 0 Å². The zero-order valence-electron chi connectivity index (χ0n) is 23.6. The van der Waals surface area contributed by atoms with E-state index in [0.717, 1.165) is 39.3 Å². The molecule has 1 fully saturated rings. The highest BCUT2D eigenvalue weighted by molar-refractivity contribution is 6.35. The molecule has 0 radical (unpaired) electrons. The molecule has 43 heavy (non-hydrogen) atoms. The van der Waals surface area contributed by atoms with E-state index >= 15 is 4.79 Å². The summed E-state index contributed by atoms with van der Waals surface area (Å²) in [7, 11) is 1.94. The predicted octanol–water partition coefficient (Wildman–Crippen LogP) is 6.73. The van der Waals surface area contributed by atoms with Gasteiger partial charge in [-0.3, -0.25) is 14.5 Å². The van der Waals surface area contributed by atoms with E-state index < -0.39 is 11.0 Å². The Kier molecular flexibility index (Phi) is 5.70.